The number of halogens is 1. The molecule has 0 aromatic heterocycles. The average molecular weight is 560 g/mol. The summed E-state index contributed by atoms with van der Waals surface area (Å²) in [6, 6.07) is -0.0432. The molecule has 5 N–H and O–H groups in total. The van der Waals surface area contributed by atoms with Crippen molar-refractivity contribution in [3.05, 3.63) is 28.6 Å². The van der Waals surface area contributed by atoms with E-state index >= 15 is 4.39 Å². The van der Waals surface area contributed by atoms with Crippen molar-refractivity contribution in [2.75, 3.05) is 33.8 Å². The Kier molecular flexibility index (Phi) is 7.18. The van der Waals surface area contributed by atoms with Crippen molar-refractivity contribution < 1.29 is 43.7 Å². The van der Waals surface area contributed by atoms with Crippen molar-refractivity contribution >= 4 is 29.0 Å². The molecule has 2 saturated carbocycles. The maximum absolute atomic E-state index is 15.9. The molecule has 3 fully saturated rings. The summed E-state index contributed by atoms with van der Waals surface area (Å²) in [7, 11) is 3.00. The molecule has 1 saturated heterocycles. The Balaban J connectivity index is 1.52. The molecule has 6 atom stereocenters. The number of primary amides is 1. The molecule has 1 amide bonds. The summed E-state index contributed by atoms with van der Waals surface area (Å²) in [5, 5.41) is 31.8. The molecule has 0 bridgehead atoms. The van der Waals surface area contributed by atoms with Crippen LogP contribution in [0.25, 0.3) is 0 Å². The second-order valence-electron chi connectivity index (χ2n) is 11.9. The third-order valence-electron chi connectivity index (χ3n) is 9.43. The van der Waals surface area contributed by atoms with Gasteiger partial charge in [0.25, 0.3) is 0 Å². The number of hydrogen-bond donors (Lipinski definition) is 4. The highest BCUT2D eigenvalue weighted by Gasteiger charge is 2.69. The maximum atomic E-state index is 15.9. The van der Waals surface area contributed by atoms with Crippen molar-refractivity contribution in [1.82, 2.24) is 9.80 Å². The van der Waals surface area contributed by atoms with Crippen LogP contribution in [0.1, 0.15) is 40.7 Å². The van der Waals surface area contributed by atoms with Gasteiger partial charge >= 0.3 is 0 Å². The fraction of sp³-hybridized carbons (Fsp3) is 0.607. The Hall–Kier alpha value is -3.06. The van der Waals surface area contributed by atoms with Crippen molar-refractivity contribution in [3.8, 4) is 5.75 Å². The minimum atomic E-state index is -2.81. The molecule has 3 aliphatic carbocycles. The summed E-state index contributed by atoms with van der Waals surface area (Å²) in [4.78, 5) is 69.3. The van der Waals surface area contributed by atoms with Crippen LogP contribution in [0, 0.1) is 35.4 Å². The van der Waals surface area contributed by atoms with E-state index in [1.54, 1.807) is 0 Å². The number of aliphatic hydroxyl groups excluding tert-OH is 1. The fourth-order valence-corrected chi connectivity index (χ4v) is 7.39. The van der Waals surface area contributed by atoms with Crippen LogP contribution in [0.5, 0.6) is 5.75 Å². The molecule has 1 aliphatic heterocycles. The number of likely N-dealkylation sites (tertiary alicyclic amines) is 1. The van der Waals surface area contributed by atoms with Crippen molar-refractivity contribution in [3.63, 3.8) is 0 Å². The number of nitrogens with two attached hydrogens (primary N) is 1. The zero-order valence-corrected chi connectivity index (χ0v) is 22.4. The molecule has 40 heavy (non-hydrogen) atoms. The van der Waals surface area contributed by atoms with E-state index in [1.807, 2.05) is 4.90 Å². The van der Waals surface area contributed by atoms with Gasteiger partial charge in [-0.1, -0.05) is 0 Å². The zero-order chi connectivity index (χ0) is 29.3. The summed E-state index contributed by atoms with van der Waals surface area (Å²) in [6.45, 7) is 1.56. The Labute approximate surface area is 230 Å². The summed E-state index contributed by atoms with van der Waals surface area (Å²) in [5.41, 5.74) is 2.31. The molecular weight excluding hydrogens is 525 g/mol. The minimum Gasteiger partial charge on any atom is -0.507 e. The molecule has 0 spiro atoms. The van der Waals surface area contributed by atoms with Crippen LogP contribution in [0.15, 0.2) is 6.07 Å². The maximum Gasteiger partial charge on any atom is 0.235 e. The molecule has 1 aromatic rings. The first-order valence-corrected chi connectivity index (χ1v) is 13.5. The van der Waals surface area contributed by atoms with Crippen LogP contribution in [-0.2, 0) is 32.1 Å². The SMILES string of the molecule is CN(C)[C@@H]1C(=O)C(C(N)=O)C(=O)[C@@]2(O)C(=O)C3C(=O)c4c(O)cc(CN5CCC(CO)CC5)c(F)c4C[C@H]3C[C@@H]12. The second kappa shape index (κ2) is 10.1. The van der Waals surface area contributed by atoms with Gasteiger partial charge in [-0.3, -0.25) is 33.8 Å². The third-order valence-corrected chi connectivity index (χ3v) is 9.43. The number of fused-ring (bicyclic) bond motifs is 3. The lowest BCUT2D eigenvalue weighted by molar-refractivity contribution is -0.181. The molecule has 0 radical (unpaired) electrons. The van der Waals surface area contributed by atoms with Gasteiger partial charge in [0.1, 0.15) is 11.6 Å². The number of piperidine rings is 1. The van der Waals surface area contributed by atoms with Gasteiger partial charge in [0.05, 0.1) is 17.5 Å². The first-order chi connectivity index (χ1) is 18.8. The molecule has 11 nitrogen and oxygen atoms in total. The minimum absolute atomic E-state index is 0.0328. The molecule has 5 rings (SSSR count). The van der Waals surface area contributed by atoms with E-state index in [0.29, 0.717) is 13.1 Å². The smallest absolute Gasteiger partial charge is 0.235 e. The summed E-state index contributed by atoms with van der Waals surface area (Å²) >= 11 is 0. The molecule has 2 unspecified atom stereocenters. The monoisotopic (exact) mass is 559 g/mol. The zero-order valence-electron chi connectivity index (χ0n) is 22.4. The topological polar surface area (TPSA) is 179 Å². The van der Waals surface area contributed by atoms with Gasteiger partial charge in [0.15, 0.2) is 34.7 Å². The van der Waals surface area contributed by atoms with Crippen LogP contribution < -0.4 is 5.73 Å². The average Bonchev–Trinajstić information content (AvgIpc) is 2.89. The number of aliphatic hydroxyl groups is 2. The van der Waals surface area contributed by atoms with Gasteiger partial charge in [-0.05, 0) is 70.8 Å². The summed E-state index contributed by atoms with van der Waals surface area (Å²) < 4.78 is 15.9. The van der Waals surface area contributed by atoms with Gasteiger partial charge in [-0.15, -0.1) is 0 Å². The van der Waals surface area contributed by atoms with Gasteiger partial charge in [0, 0.05) is 30.2 Å². The van der Waals surface area contributed by atoms with Crippen LogP contribution >= 0.6 is 0 Å². The molecule has 4 aliphatic rings. The van der Waals surface area contributed by atoms with E-state index in [9.17, 15) is 39.3 Å². The molecule has 1 aromatic carbocycles. The predicted octanol–water partition coefficient (Wildman–Crippen LogP) is -0.790. The number of Topliss-reactive ketones (excluding diaryl/α,β-unsaturated/α-hetero) is 4. The number of nitrogens with zero attached hydrogens (tertiary/aromatic N) is 2. The van der Waals surface area contributed by atoms with Gasteiger partial charge in [0.2, 0.25) is 5.91 Å². The standard InChI is InChI=1S/C28H34FN3O8/c1-31(2)22-16-8-13-7-15-19(17(34)9-14(21(15)29)10-32-5-3-12(11-33)4-6-32)23(35)18(13)25(37)28(16,40)26(38)20(24(22)36)27(30)39/h9,12-13,16,18,20,22,33-34,40H,3-8,10-11H2,1-2H3,(H2,30,39)/t13-,16-,18?,20?,22-,28-/m0/s1. The molecular formula is C28H34FN3O8. The Morgan fingerprint density at radius 3 is 2.40 bits per heavy atom. The number of benzene rings is 1. The Bertz CT molecular complexity index is 1310. The molecule has 1 heterocycles. The largest absolute Gasteiger partial charge is 0.507 e. The van der Waals surface area contributed by atoms with E-state index in [1.165, 1.54) is 25.1 Å². The number of ketones is 4. The number of carbonyl (C=O) groups excluding carboxylic acids is 5. The lowest BCUT2D eigenvalue weighted by Gasteiger charge is -2.52. The van der Waals surface area contributed by atoms with Gasteiger partial charge in [-0.25, -0.2) is 4.39 Å². The Morgan fingerprint density at radius 1 is 1.18 bits per heavy atom. The van der Waals surface area contributed by atoms with Gasteiger partial charge in [-0.2, -0.15) is 0 Å². The predicted molar refractivity (Wildman–Crippen MR) is 136 cm³/mol. The highest BCUT2D eigenvalue weighted by molar-refractivity contribution is 6.32. The lowest BCUT2D eigenvalue weighted by atomic mass is 9.52. The lowest BCUT2D eigenvalue weighted by Crippen LogP contribution is -2.74. The number of likely N-dealkylation sites (N-methyl/N-ethyl adjacent to an activating group) is 1. The van der Waals surface area contributed by atoms with Gasteiger partial charge < -0.3 is 21.1 Å². The van der Waals surface area contributed by atoms with Crippen LogP contribution in [0.3, 0.4) is 0 Å². The number of rotatable bonds is 5. The first kappa shape index (κ1) is 28.5. The van der Waals surface area contributed by atoms with E-state index in [-0.39, 0.29) is 48.6 Å². The molecule has 216 valence electrons. The second-order valence-corrected chi connectivity index (χ2v) is 11.9. The quantitative estimate of drug-likeness (QED) is 0.334. The van der Waals surface area contributed by atoms with Crippen LogP contribution in [0.2, 0.25) is 0 Å². The van der Waals surface area contributed by atoms with Crippen molar-refractivity contribution in [1.29, 1.82) is 0 Å². The number of hydrogen-bond acceptors (Lipinski definition) is 10. The Morgan fingerprint density at radius 2 is 1.82 bits per heavy atom. The number of phenolic OH excluding ortho intramolecular Hbond substituents is 1. The van der Waals surface area contributed by atoms with E-state index in [0.717, 1.165) is 12.8 Å². The number of aromatic hydroxyl groups is 1. The number of carbonyl (C=O) groups is 5. The van der Waals surface area contributed by atoms with Crippen molar-refractivity contribution in [2.24, 2.45) is 35.3 Å². The third kappa shape index (κ3) is 4.11. The normalized spacial score (nSPS) is 33.1. The van der Waals surface area contributed by atoms with E-state index in [4.69, 9.17) is 5.73 Å². The summed E-state index contributed by atoms with van der Waals surface area (Å²) in [5.74, 6) is -12.2. The number of amides is 1. The summed E-state index contributed by atoms with van der Waals surface area (Å²) in [6.07, 6.45) is 1.25. The highest BCUT2D eigenvalue weighted by atomic mass is 19.1. The molecule has 12 heteroatoms. The van der Waals surface area contributed by atoms with Crippen molar-refractivity contribution in [2.45, 2.75) is 43.9 Å². The van der Waals surface area contributed by atoms with E-state index < -0.39 is 75.9 Å². The number of phenols is 1. The van der Waals surface area contributed by atoms with Crippen LogP contribution in [-0.4, -0.2) is 99.6 Å². The highest BCUT2D eigenvalue weighted by Crippen LogP contribution is 2.51. The first-order valence-electron chi connectivity index (χ1n) is 13.5. The fourth-order valence-electron chi connectivity index (χ4n) is 7.39. The van der Waals surface area contributed by atoms with Crippen LogP contribution in [0.4, 0.5) is 4.39 Å². The van der Waals surface area contributed by atoms with E-state index in [2.05, 4.69) is 0 Å².